The van der Waals surface area contributed by atoms with Crippen LogP contribution in [-0.2, 0) is 5.41 Å². The maximum atomic E-state index is 11.6. The average Bonchev–Trinajstić information content (AvgIpc) is 2.98. The fraction of sp³-hybridized carbons (Fsp3) is 0.524. The van der Waals surface area contributed by atoms with E-state index in [9.17, 15) is 5.11 Å². The number of hydrogen-bond donors (Lipinski definition) is 1. The van der Waals surface area contributed by atoms with Crippen LogP contribution in [0, 0.1) is 0 Å². The Morgan fingerprint density at radius 1 is 0.963 bits per heavy atom. The van der Waals surface area contributed by atoms with Crippen molar-refractivity contribution >= 4 is 17.7 Å². The summed E-state index contributed by atoms with van der Waals surface area (Å²) in [6, 6.07) is 10.8. The van der Waals surface area contributed by atoms with Crippen molar-refractivity contribution in [2.24, 2.45) is 0 Å². The molecule has 1 spiro atoms. The van der Waals surface area contributed by atoms with Crippen LogP contribution in [0.15, 0.2) is 42.7 Å². The second-order valence-corrected chi connectivity index (χ2v) is 9.04. The number of aliphatic hydroxyl groups excluding tert-OH is 1. The summed E-state index contributed by atoms with van der Waals surface area (Å²) in [6.07, 6.45) is 5.16. The van der Waals surface area contributed by atoms with Crippen LogP contribution in [0.5, 0.6) is 0 Å². The Kier molecular flexibility index (Phi) is 4.58. The third kappa shape index (κ3) is 2.85. The van der Waals surface area contributed by atoms with Gasteiger partial charge in [0.15, 0.2) is 0 Å². The van der Waals surface area contributed by atoms with Crippen molar-refractivity contribution < 1.29 is 5.11 Å². The summed E-state index contributed by atoms with van der Waals surface area (Å²) in [5, 5.41) is 11.6. The minimum atomic E-state index is -0.336. The van der Waals surface area contributed by atoms with Gasteiger partial charge < -0.3 is 10.0 Å². The molecule has 1 aromatic carbocycles. The molecule has 2 saturated heterocycles. The van der Waals surface area contributed by atoms with Gasteiger partial charge in [-0.05, 0) is 30.0 Å². The Labute approximate surface area is 164 Å². The molecule has 3 heterocycles. The first kappa shape index (κ1) is 17.5. The number of nitrogens with zero attached hydrogens (tertiary/aromatic N) is 4. The van der Waals surface area contributed by atoms with E-state index in [2.05, 4.69) is 44.0 Å². The Bertz CT molecular complexity index is 788. The van der Waals surface area contributed by atoms with E-state index in [1.54, 1.807) is 12.4 Å². The molecule has 1 aliphatic carbocycles. The molecule has 0 radical (unpaired) electrons. The van der Waals surface area contributed by atoms with E-state index in [0.717, 1.165) is 56.5 Å². The number of anilines is 1. The molecule has 1 aromatic heterocycles. The maximum Gasteiger partial charge on any atom is 0.225 e. The van der Waals surface area contributed by atoms with Crippen LogP contribution in [0.1, 0.15) is 30.0 Å². The van der Waals surface area contributed by atoms with Crippen molar-refractivity contribution in [3.05, 3.63) is 53.9 Å². The molecule has 1 N–H and O–H groups in total. The Morgan fingerprint density at radius 3 is 2.41 bits per heavy atom. The van der Waals surface area contributed by atoms with E-state index in [1.807, 2.05) is 17.8 Å². The number of fused-ring (bicyclic) bond motifs is 2. The molecule has 3 aliphatic rings. The van der Waals surface area contributed by atoms with Crippen molar-refractivity contribution in [3.8, 4) is 0 Å². The number of hydrogen-bond acceptors (Lipinski definition) is 6. The zero-order chi connectivity index (χ0) is 18.3. The van der Waals surface area contributed by atoms with Gasteiger partial charge in [-0.15, -0.1) is 0 Å². The summed E-state index contributed by atoms with van der Waals surface area (Å²) in [7, 11) is 0. The highest BCUT2D eigenvalue weighted by Gasteiger charge is 2.54. The second kappa shape index (κ2) is 7.08. The number of piperidine rings is 1. The molecular formula is C21H26N4OS. The van der Waals surface area contributed by atoms with Gasteiger partial charge in [-0.3, -0.25) is 4.90 Å². The molecule has 5 nitrogen and oxygen atoms in total. The molecule has 0 saturated carbocycles. The van der Waals surface area contributed by atoms with Crippen molar-refractivity contribution in [1.29, 1.82) is 0 Å². The lowest BCUT2D eigenvalue weighted by molar-refractivity contribution is 0.00345. The van der Waals surface area contributed by atoms with Crippen molar-refractivity contribution in [1.82, 2.24) is 14.9 Å². The minimum absolute atomic E-state index is 0.140. The zero-order valence-corrected chi connectivity index (χ0v) is 16.3. The van der Waals surface area contributed by atoms with Crippen LogP contribution < -0.4 is 4.90 Å². The lowest BCUT2D eigenvalue weighted by atomic mass is 9.72. The predicted molar refractivity (Wildman–Crippen MR) is 109 cm³/mol. The van der Waals surface area contributed by atoms with Gasteiger partial charge in [0.25, 0.3) is 0 Å². The summed E-state index contributed by atoms with van der Waals surface area (Å²) in [5.74, 6) is 3.13. The first-order valence-electron chi connectivity index (χ1n) is 9.91. The molecule has 6 heteroatoms. The minimum Gasteiger partial charge on any atom is -0.390 e. The van der Waals surface area contributed by atoms with E-state index >= 15 is 0 Å². The van der Waals surface area contributed by atoms with E-state index in [4.69, 9.17) is 0 Å². The molecule has 0 bridgehead atoms. The number of rotatable bonds is 2. The lowest BCUT2D eigenvalue weighted by Crippen LogP contribution is -2.51. The summed E-state index contributed by atoms with van der Waals surface area (Å²) in [5.41, 5.74) is 2.58. The molecule has 2 fully saturated rings. The van der Waals surface area contributed by atoms with Crippen molar-refractivity contribution in [2.45, 2.75) is 30.4 Å². The van der Waals surface area contributed by atoms with Gasteiger partial charge in [0.1, 0.15) is 0 Å². The molecule has 2 aromatic rings. The fourth-order valence-electron chi connectivity index (χ4n) is 5.22. The average molecular weight is 383 g/mol. The predicted octanol–water partition coefficient (Wildman–Crippen LogP) is 2.48. The highest BCUT2D eigenvalue weighted by Crippen LogP contribution is 2.53. The Hall–Kier alpha value is -1.63. The SMILES string of the molecule is O[C@H]1[C@H](N2CCSCC2)c2ccccc2C12CCN(c1ncccn1)CC2. The van der Waals surface area contributed by atoms with Crippen LogP contribution in [0.2, 0.25) is 0 Å². The lowest BCUT2D eigenvalue weighted by Gasteiger charge is -2.44. The largest absolute Gasteiger partial charge is 0.390 e. The maximum absolute atomic E-state index is 11.6. The van der Waals surface area contributed by atoms with Gasteiger partial charge in [-0.2, -0.15) is 11.8 Å². The molecule has 2 atom stereocenters. The van der Waals surface area contributed by atoms with Gasteiger partial charge >= 0.3 is 0 Å². The van der Waals surface area contributed by atoms with Crippen LogP contribution in [0.4, 0.5) is 5.95 Å². The summed E-state index contributed by atoms with van der Waals surface area (Å²) >= 11 is 2.02. The van der Waals surface area contributed by atoms with E-state index in [0.29, 0.717) is 0 Å². The van der Waals surface area contributed by atoms with Crippen LogP contribution in [0.25, 0.3) is 0 Å². The van der Waals surface area contributed by atoms with Crippen molar-refractivity contribution in [3.63, 3.8) is 0 Å². The highest BCUT2D eigenvalue weighted by molar-refractivity contribution is 7.99. The van der Waals surface area contributed by atoms with Crippen molar-refractivity contribution in [2.75, 3.05) is 42.6 Å². The summed E-state index contributed by atoms with van der Waals surface area (Å²) < 4.78 is 0. The monoisotopic (exact) mass is 382 g/mol. The Balaban J connectivity index is 1.44. The fourth-order valence-corrected chi connectivity index (χ4v) is 6.15. The van der Waals surface area contributed by atoms with Gasteiger partial charge in [0.05, 0.1) is 12.1 Å². The first-order valence-corrected chi connectivity index (χ1v) is 11.1. The zero-order valence-electron chi connectivity index (χ0n) is 15.5. The molecular weight excluding hydrogens is 356 g/mol. The van der Waals surface area contributed by atoms with Gasteiger partial charge in [0.2, 0.25) is 5.95 Å². The van der Waals surface area contributed by atoms with E-state index in [-0.39, 0.29) is 17.6 Å². The van der Waals surface area contributed by atoms with Gasteiger partial charge in [-0.25, -0.2) is 9.97 Å². The summed E-state index contributed by atoms with van der Waals surface area (Å²) in [4.78, 5) is 13.6. The summed E-state index contributed by atoms with van der Waals surface area (Å²) in [6.45, 7) is 3.91. The van der Waals surface area contributed by atoms with E-state index in [1.165, 1.54) is 11.1 Å². The second-order valence-electron chi connectivity index (χ2n) is 7.82. The Morgan fingerprint density at radius 2 is 1.67 bits per heavy atom. The third-order valence-electron chi connectivity index (χ3n) is 6.61. The number of thioether (sulfide) groups is 1. The standard InChI is InChI=1S/C21H26N4OS/c26-19-18(24-12-14-27-15-13-24)16-4-1-2-5-17(16)21(19)6-10-25(11-7-21)20-22-8-3-9-23-20/h1-5,8-9,18-19,26H,6-7,10-15H2/t18-,19+/m1/s1. The number of benzene rings is 1. The van der Waals surface area contributed by atoms with Crippen LogP contribution >= 0.6 is 11.8 Å². The topological polar surface area (TPSA) is 52.5 Å². The highest BCUT2D eigenvalue weighted by atomic mass is 32.2. The molecule has 142 valence electrons. The van der Waals surface area contributed by atoms with Gasteiger partial charge in [-0.1, -0.05) is 24.3 Å². The first-order chi connectivity index (χ1) is 13.3. The third-order valence-corrected chi connectivity index (χ3v) is 7.55. The normalized spacial score (nSPS) is 27.7. The quantitative estimate of drug-likeness (QED) is 0.861. The smallest absolute Gasteiger partial charge is 0.225 e. The van der Waals surface area contributed by atoms with Crippen LogP contribution in [0.3, 0.4) is 0 Å². The molecule has 27 heavy (non-hydrogen) atoms. The van der Waals surface area contributed by atoms with Gasteiger partial charge in [0, 0.05) is 55.5 Å². The molecule has 2 aliphatic heterocycles. The number of aliphatic hydroxyl groups is 1. The molecule has 0 amide bonds. The van der Waals surface area contributed by atoms with E-state index < -0.39 is 0 Å². The molecule has 0 unspecified atom stereocenters. The number of aromatic nitrogens is 2. The van der Waals surface area contributed by atoms with Crippen LogP contribution in [-0.4, -0.2) is 63.8 Å². The molecule has 5 rings (SSSR count).